The molecule has 0 nitrogen and oxygen atoms in total. The van der Waals surface area contributed by atoms with E-state index in [1.807, 2.05) is 0 Å². The molecule has 0 spiro atoms. The molecule has 0 aliphatic rings. The molecule has 2 atom stereocenters. The van der Waals surface area contributed by atoms with Crippen LogP contribution in [0, 0.1) is 55.4 Å². The van der Waals surface area contributed by atoms with Gasteiger partial charge in [0.05, 0.1) is 0 Å². The largest absolute Gasteiger partial charge is 0.0801 e. The molecule has 4 aromatic rings. The first-order valence-electron chi connectivity index (χ1n) is 14.5. The third kappa shape index (κ3) is 7.60. The Labute approximate surface area is 246 Å². The smallest absolute Gasteiger partial charge is 0.00225 e. The lowest BCUT2D eigenvalue weighted by Crippen LogP contribution is -2.22. The van der Waals surface area contributed by atoms with E-state index < -0.39 is 15.8 Å². The van der Waals surface area contributed by atoms with E-state index in [1.54, 1.807) is 0 Å². The molecule has 0 aliphatic heterocycles. The molecular weight excluding hydrogens is 518 g/mol. The topological polar surface area (TPSA) is 0 Å². The third-order valence-corrected chi connectivity index (χ3v) is 12.7. The van der Waals surface area contributed by atoms with E-state index in [2.05, 4.69) is 154 Å². The van der Waals surface area contributed by atoms with Gasteiger partial charge >= 0.3 is 0 Å². The average Bonchev–Trinajstić information content (AvgIpc) is 2.80. The van der Waals surface area contributed by atoms with Gasteiger partial charge in [-0.3, -0.25) is 0 Å². The van der Waals surface area contributed by atoms with Crippen molar-refractivity contribution >= 4 is 37.1 Å². The van der Waals surface area contributed by atoms with Crippen molar-refractivity contribution in [3.63, 3.8) is 0 Å². The predicted octanol–water partition coefficient (Wildman–Crippen LogP) is 9.05. The van der Waals surface area contributed by atoms with Crippen molar-refractivity contribution in [1.82, 2.24) is 0 Å². The van der Waals surface area contributed by atoms with E-state index in [4.69, 9.17) is 0 Å². The molecule has 4 rings (SSSR count). The Bertz CT molecular complexity index is 1230. The summed E-state index contributed by atoms with van der Waals surface area (Å²) in [5.74, 6) is 0. The zero-order valence-corrected chi connectivity index (χ0v) is 27.9. The molecule has 0 saturated carbocycles. The summed E-state index contributed by atoms with van der Waals surface area (Å²) in [6.45, 7) is 22.7. The Balaban J connectivity index is 1.77. The van der Waals surface area contributed by atoms with Crippen LogP contribution in [0.1, 0.15) is 58.4 Å². The summed E-state index contributed by atoms with van der Waals surface area (Å²) in [6.07, 6.45) is 5.07. The zero-order valence-electron chi connectivity index (χ0n) is 26.1. The summed E-state index contributed by atoms with van der Waals surface area (Å²) >= 11 is 0. The number of hydrogen-bond acceptors (Lipinski definition) is 0. The fourth-order valence-corrected chi connectivity index (χ4v) is 11.9. The highest BCUT2D eigenvalue weighted by molar-refractivity contribution is 7.74. The monoisotopic (exact) mass is 564 g/mol. The normalized spacial score (nSPS) is 13.4. The average molecular weight is 565 g/mol. The lowest BCUT2D eigenvalue weighted by molar-refractivity contribution is 1.17. The summed E-state index contributed by atoms with van der Waals surface area (Å²) in [7, 11) is -1.07. The van der Waals surface area contributed by atoms with Crippen LogP contribution in [-0.4, -0.2) is 11.3 Å². The summed E-state index contributed by atoms with van der Waals surface area (Å²) in [5, 5.41) is 5.92. The molecule has 0 aromatic heterocycles. The van der Waals surface area contributed by atoms with Gasteiger partial charge < -0.3 is 0 Å². The Morgan fingerprint density at radius 3 is 0.700 bits per heavy atom. The molecule has 0 aliphatic carbocycles. The highest BCUT2D eigenvalue weighted by Gasteiger charge is 2.24. The number of aryl methyl sites for hydroxylation is 8. The predicted molar refractivity (Wildman–Crippen MR) is 184 cm³/mol. The van der Waals surface area contributed by atoms with E-state index in [9.17, 15) is 0 Å². The van der Waals surface area contributed by atoms with Crippen LogP contribution in [-0.2, 0) is 0 Å². The molecule has 40 heavy (non-hydrogen) atoms. The maximum atomic E-state index is 2.53. The standard InChI is InChI=1S/C38H46P2/c1-25-13-26(2)18-35(17-25)39(36-19-27(3)14-28(4)20-36)33(9)11-12-34(10)40(37-21-29(5)15-30(6)22-37)38-23-31(7)16-32(8)24-38/h11-24,33-34H,1-10H3/b12-11-/t33-,34-/m0/s1. The SMILES string of the molecule is Cc1cc(C)cc(P(c2cc(C)cc(C)c2)[C@@H](C)/C=C\[C@H](C)P(c2cc(C)cc(C)c2)c2cc(C)cc(C)c2)c1. The van der Waals surface area contributed by atoms with Crippen LogP contribution in [0.25, 0.3) is 0 Å². The van der Waals surface area contributed by atoms with Gasteiger partial charge in [-0.2, -0.15) is 0 Å². The second-order valence-corrected chi connectivity index (χ2v) is 17.2. The van der Waals surface area contributed by atoms with Crippen molar-refractivity contribution < 1.29 is 0 Å². The molecule has 0 saturated heterocycles. The van der Waals surface area contributed by atoms with Crippen molar-refractivity contribution in [3.05, 3.63) is 129 Å². The van der Waals surface area contributed by atoms with Crippen molar-refractivity contribution in [2.45, 2.75) is 80.6 Å². The summed E-state index contributed by atoms with van der Waals surface area (Å²) in [5.41, 5.74) is 11.7. The molecule has 0 bridgehead atoms. The first-order chi connectivity index (χ1) is 18.9. The number of benzene rings is 4. The van der Waals surface area contributed by atoms with Gasteiger partial charge in [0, 0.05) is 11.3 Å². The van der Waals surface area contributed by atoms with Crippen molar-refractivity contribution in [3.8, 4) is 0 Å². The van der Waals surface area contributed by atoms with Crippen LogP contribution in [0.5, 0.6) is 0 Å². The number of hydrogen-bond donors (Lipinski definition) is 0. The Morgan fingerprint density at radius 2 is 0.525 bits per heavy atom. The molecule has 0 fully saturated rings. The quantitative estimate of drug-likeness (QED) is 0.148. The van der Waals surface area contributed by atoms with Gasteiger partial charge in [0.2, 0.25) is 0 Å². The summed E-state index contributed by atoms with van der Waals surface area (Å²) < 4.78 is 0. The minimum absolute atomic E-state index is 0.426. The molecule has 208 valence electrons. The fraction of sp³-hybridized carbons (Fsp3) is 0.316. The Kier molecular flexibility index (Phi) is 9.88. The molecule has 0 radical (unpaired) electrons. The van der Waals surface area contributed by atoms with E-state index in [0.29, 0.717) is 11.3 Å². The van der Waals surface area contributed by atoms with Crippen LogP contribution in [0.4, 0.5) is 0 Å². The van der Waals surface area contributed by atoms with E-state index >= 15 is 0 Å². The van der Waals surface area contributed by atoms with Crippen LogP contribution >= 0.6 is 15.8 Å². The lowest BCUT2D eigenvalue weighted by Gasteiger charge is -2.28. The van der Waals surface area contributed by atoms with Gasteiger partial charge in [-0.05, 0) is 92.5 Å². The van der Waals surface area contributed by atoms with Gasteiger partial charge in [0.1, 0.15) is 0 Å². The zero-order chi connectivity index (χ0) is 29.1. The molecule has 0 N–H and O–H groups in total. The van der Waals surface area contributed by atoms with Gasteiger partial charge in [-0.1, -0.05) is 143 Å². The summed E-state index contributed by atoms with van der Waals surface area (Å²) in [4.78, 5) is 0. The van der Waals surface area contributed by atoms with Crippen LogP contribution in [0.15, 0.2) is 84.9 Å². The van der Waals surface area contributed by atoms with Gasteiger partial charge in [0.25, 0.3) is 0 Å². The van der Waals surface area contributed by atoms with Crippen LogP contribution < -0.4 is 21.2 Å². The third-order valence-electron chi connectivity index (χ3n) is 7.42. The molecular formula is C38H46P2. The molecule has 2 heteroatoms. The first kappa shape index (κ1) is 30.4. The highest BCUT2D eigenvalue weighted by Crippen LogP contribution is 2.44. The molecule has 0 amide bonds. The molecule has 0 unspecified atom stereocenters. The Hall–Kier alpha value is -2.52. The maximum absolute atomic E-state index is 2.53. The van der Waals surface area contributed by atoms with E-state index in [-0.39, 0.29) is 0 Å². The van der Waals surface area contributed by atoms with Crippen molar-refractivity contribution in [2.24, 2.45) is 0 Å². The van der Waals surface area contributed by atoms with Gasteiger partial charge in [0.15, 0.2) is 0 Å². The van der Waals surface area contributed by atoms with Crippen LogP contribution in [0.3, 0.4) is 0 Å². The van der Waals surface area contributed by atoms with Gasteiger partial charge in [-0.15, -0.1) is 0 Å². The number of rotatable bonds is 8. The minimum atomic E-state index is -0.536. The summed E-state index contributed by atoms with van der Waals surface area (Å²) in [6, 6.07) is 28.5. The van der Waals surface area contributed by atoms with E-state index in [1.165, 1.54) is 65.7 Å². The fourth-order valence-electron chi connectivity index (χ4n) is 6.09. The second kappa shape index (κ2) is 13.0. The van der Waals surface area contributed by atoms with Crippen molar-refractivity contribution in [1.29, 1.82) is 0 Å². The van der Waals surface area contributed by atoms with Crippen molar-refractivity contribution in [2.75, 3.05) is 0 Å². The first-order valence-corrected chi connectivity index (χ1v) is 17.3. The molecule has 0 heterocycles. The van der Waals surface area contributed by atoms with Crippen LogP contribution in [0.2, 0.25) is 0 Å². The highest BCUT2D eigenvalue weighted by atomic mass is 31.1. The van der Waals surface area contributed by atoms with E-state index in [0.717, 1.165) is 0 Å². The van der Waals surface area contributed by atoms with Gasteiger partial charge in [-0.25, -0.2) is 0 Å². The lowest BCUT2D eigenvalue weighted by atomic mass is 10.2. The number of allylic oxidation sites excluding steroid dienone is 2. The minimum Gasteiger partial charge on any atom is -0.0801 e. The Morgan fingerprint density at radius 1 is 0.350 bits per heavy atom. The second-order valence-electron chi connectivity index (χ2n) is 12.0. The maximum Gasteiger partial charge on any atom is 0.00225 e. The molecule has 4 aromatic carbocycles.